The van der Waals surface area contributed by atoms with E-state index in [0.717, 1.165) is 0 Å². The lowest BCUT2D eigenvalue weighted by atomic mass is 10.1. The number of carboxylic acids is 1. The highest BCUT2D eigenvalue weighted by Gasteiger charge is 2.13. The van der Waals surface area contributed by atoms with Crippen LogP contribution in [0.15, 0.2) is 24.4 Å². The van der Waals surface area contributed by atoms with Crippen LogP contribution in [0, 0.1) is 0 Å². The molecule has 98 valence electrons. The number of hydrogen-bond acceptors (Lipinski definition) is 2. The highest BCUT2D eigenvalue weighted by atomic mass is 35.5. The summed E-state index contributed by atoms with van der Waals surface area (Å²) in [4.78, 5) is 14.6. The Bertz CT molecular complexity index is 650. The molecule has 3 nitrogen and oxygen atoms in total. The van der Waals surface area contributed by atoms with Crippen molar-refractivity contribution in [3.63, 3.8) is 0 Å². The molecule has 0 saturated heterocycles. The Morgan fingerprint density at radius 3 is 1.95 bits per heavy atom. The number of carbonyl (C=O) groups is 1. The van der Waals surface area contributed by atoms with Crippen molar-refractivity contribution in [1.82, 2.24) is 4.98 Å². The number of hydrogen-bond donors (Lipinski definition) is 1. The average Bonchev–Trinajstić information content (AvgIpc) is 2.34. The van der Waals surface area contributed by atoms with E-state index >= 15 is 0 Å². The zero-order valence-electron chi connectivity index (χ0n) is 9.12. The summed E-state index contributed by atoms with van der Waals surface area (Å²) >= 11 is 23.6. The molecule has 1 aromatic heterocycles. The van der Waals surface area contributed by atoms with Gasteiger partial charge in [0.25, 0.3) is 0 Å². The van der Waals surface area contributed by atoms with Gasteiger partial charge in [0, 0.05) is 11.8 Å². The molecule has 0 unspecified atom stereocenters. The van der Waals surface area contributed by atoms with Crippen LogP contribution in [-0.4, -0.2) is 16.1 Å². The quantitative estimate of drug-likeness (QED) is 0.780. The number of halogens is 4. The first kappa shape index (κ1) is 14.4. The molecule has 0 fully saturated rings. The lowest BCUT2D eigenvalue weighted by molar-refractivity contribution is 0.0691. The van der Waals surface area contributed by atoms with Gasteiger partial charge < -0.3 is 5.11 Å². The third kappa shape index (κ3) is 2.95. The fourth-order valence-electron chi connectivity index (χ4n) is 1.48. The topological polar surface area (TPSA) is 50.2 Å². The van der Waals surface area contributed by atoms with Crippen LogP contribution in [0.2, 0.25) is 20.1 Å². The number of benzene rings is 1. The second-order valence-corrected chi connectivity index (χ2v) is 5.21. The highest BCUT2D eigenvalue weighted by Crippen LogP contribution is 2.35. The van der Waals surface area contributed by atoms with Gasteiger partial charge in [-0.15, -0.1) is 0 Å². The molecule has 2 rings (SSSR count). The Balaban J connectivity index is 2.54. The molecule has 0 radical (unpaired) electrons. The zero-order valence-corrected chi connectivity index (χ0v) is 12.1. The van der Waals surface area contributed by atoms with Crippen molar-refractivity contribution in [2.24, 2.45) is 0 Å². The Morgan fingerprint density at radius 1 is 0.947 bits per heavy atom. The third-order valence-electron chi connectivity index (χ3n) is 2.36. The maximum absolute atomic E-state index is 10.8. The SMILES string of the molecule is O=C(O)c1ncc(-c2cc(Cl)c(Cl)c(Cl)c2)cc1Cl. The van der Waals surface area contributed by atoms with Gasteiger partial charge in [0.1, 0.15) is 0 Å². The van der Waals surface area contributed by atoms with Crippen molar-refractivity contribution in [2.45, 2.75) is 0 Å². The second kappa shape index (κ2) is 5.55. The smallest absolute Gasteiger partial charge is 0.356 e. The monoisotopic (exact) mass is 335 g/mol. The van der Waals surface area contributed by atoms with Gasteiger partial charge in [-0.05, 0) is 23.8 Å². The van der Waals surface area contributed by atoms with Crippen molar-refractivity contribution in [3.05, 3.63) is 50.2 Å². The molecule has 0 aliphatic rings. The minimum atomic E-state index is -1.19. The third-order valence-corrected chi connectivity index (χ3v) is 3.85. The Hall–Kier alpha value is -1.000. The van der Waals surface area contributed by atoms with Crippen molar-refractivity contribution >= 4 is 52.4 Å². The number of aromatic carboxylic acids is 1. The van der Waals surface area contributed by atoms with E-state index in [1.165, 1.54) is 12.3 Å². The van der Waals surface area contributed by atoms with Gasteiger partial charge in [-0.2, -0.15) is 0 Å². The standard InChI is InChI=1S/C12H5Cl4NO2/c13-7-1-5(2-8(14)10(7)16)6-3-9(15)11(12(18)19)17-4-6/h1-4H,(H,18,19). The first-order valence-corrected chi connectivity index (χ1v) is 6.45. The number of carboxylic acid groups (broad SMARTS) is 1. The van der Waals surface area contributed by atoms with Gasteiger partial charge in [-0.1, -0.05) is 46.4 Å². The lowest BCUT2D eigenvalue weighted by Crippen LogP contribution is -2.01. The van der Waals surface area contributed by atoms with Crippen molar-refractivity contribution in [3.8, 4) is 11.1 Å². The second-order valence-electron chi connectivity index (χ2n) is 3.61. The van der Waals surface area contributed by atoms with Crippen LogP contribution in [0.4, 0.5) is 0 Å². The van der Waals surface area contributed by atoms with Gasteiger partial charge in [0.05, 0.1) is 20.1 Å². The van der Waals surface area contributed by atoms with E-state index in [9.17, 15) is 4.79 Å². The van der Waals surface area contributed by atoms with Gasteiger partial charge in [-0.3, -0.25) is 0 Å². The van der Waals surface area contributed by atoms with Crippen LogP contribution in [0.5, 0.6) is 0 Å². The molecule has 1 aromatic carbocycles. The first-order valence-electron chi connectivity index (χ1n) is 4.94. The van der Waals surface area contributed by atoms with Crippen LogP contribution in [0.25, 0.3) is 11.1 Å². The molecule has 2 aromatic rings. The molecular formula is C12H5Cl4NO2. The van der Waals surface area contributed by atoms with Crippen molar-refractivity contribution in [2.75, 3.05) is 0 Å². The van der Waals surface area contributed by atoms with E-state index in [2.05, 4.69) is 4.98 Å². The normalized spacial score (nSPS) is 10.5. The van der Waals surface area contributed by atoms with Crippen molar-refractivity contribution in [1.29, 1.82) is 0 Å². The molecule has 0 aliphatic carbocycles. The van der Waals surface area contributed by atoms with Crippen LogP contribution in [0.3, 0.4) is 0 Å². The van der Waals surface area contributed by atoms with Gasteiger partial charge >= 0.3 is 5.97 Å². The maximum atomic E-state index is 10.8. The number of aromatic nitrogens is 1. The van der Waals surface area contributed by atoms with Gasteiger partial charge in [-0.25, -0.2) is 9.78 Å². The molecule has 7 heteroatoms. The molecular weight excluding hydrogens is 332 g/mol. The van der Waals surface area contributed by atoms with Crippen LogP contribution < -0.4 is 0 Å². The molecule has 0 amide bonds. The lowest BCUT2D eigenvalue weighted by Gasteiger charge is -2.07. The summed E-state index contributed by atoms with van der Waals surface area (Å²) in [6.45, 7) is 0. The number of nitrogens with zero attached hydrogens (tertiary/aromatic N) is 1. The van der Waals surface area contributed by atoms with E-state index in [1.807, 2.05) is 0 Å². The maximum Gasteiger partial charge on any atom is 0.356 e. The van der Waals surface area contributed by atoms with E-state index in [-0.39, 0.29) is 15.7 Å². The minimum Gasteiger partial charge on any atom is -0.476 e. The fourth-order valence-corrected chi connectivity index (χ4v) is 2.32. The molecule has 0 bridgehead atoms. The molecule has 19 heavy (non-hydrogen) atoms. The molecule has 0 saturated carbocycles. The summed E-state index contributed by atoms with van der Waals surface area (Å²) in [6, 6.07) is 4.68. The van der Waals surface area contributed by atoms with Crippen molar-refractivity contribution < 1.29 is 9.90 Å². The number of pyridine rings is 1. The predicted molar refractivity (Wildman–Crippen MR) is 76.7 cm³/mol. The van der Waals surface area contributed by atoms with E-state index in [1.54, 1.807) is 12.1 Å². The summed E-state index contributed by atoms with van der Waals surface area (Å²) < 4.78 is 0. The Labute approximate surface area is 128 Å². The summed E-state index contributed by atoms with van der Waals surface area (Å²) in [6.07, 6.45) is 1.38. The van der Waals surface area contributed by atoms with Gasteiger partial charge in [0.15, 0.2) is 5.69 Å². The molecule has 1 heterocycles. The molecule has 0 atom stereocenters. The molecule has 1 N–H and O–H groups in total. The van der Waals surface area contributed by atoms with Gasteiger partial charge in [0.2, 0.25) is 0 Å². The van der Waals surface area contributed by atoms with E-state index in [0.29, 0.717) is 21.2 Å². The summed E-state index contributed by atoms with van der Waals surface area (Å²) in [7, 11) is 0. The fraction of sp³-hybridized carbons (Fsp3) is 0. The summed E-state index contributed by atoms with van der Waals surface area (Å²) in [5.41, 5.74) is 1.03. The summed E-state index contributed by atoms with van der Waals surface area (Å²) in [5.74, 6) is -1.19. The first-order chi connectivity index (χ1) is 8.90. The largest absolute Gasteiger partial charge is 0.476 e. The average molecular weight is 337 g/mol. The van der Waals surface area contributed by atoms with Crippen LogP contribution in [0.1, 0.15) is 10.5 Å². The van der Waals surface area contributed by atoms with E-state index < -0.39 is 5.97 Å². The minimum absolute atomic E-state index is 0.0344. The highest BCUT2D eigenvalue weighted by molar-refractivity contribution is 6.48. The number of rotatable bonds is 2. The zero-order chi connectivity index (χ0) is 14.2. The summed E-state index contributed by atoms with van der Waals surface area (Å²) in [5, 5.41) is 9.73. The Morgan fingerprint density at radius 2 is 1.47 bits per heavy atom. The molecule has 0 spiro atoms. The van der Waals surface area contributed by atoms with Crippen LogP contribution in [-0.2, 0) is 0 Å². The van der Waals surface area contributed by atoms with E-state index in [4.69, 9.17) is 51.5 Å². The molecule has 0 aliphatic heterocycles. The Kier molecular flexibility index (Phi) is 4.21. The predicted octanol–water partition coefficient (Wildman–Crippen LogP) is 5.06. The van der Waals surface area contributed by atoms with Crippen LogP contribution >= 0.6 is 46.4 Å².